The molecule has 2 heterocycles. The first-order chi connectivity index (χ1) is 15.0. The zero-order valence-electron chi connectivity index (χ0n) is 17.7. The summed E-state index contributed by atoms with van der Waals surface area (Å²) < 4.78 is 1.57. The molecule has 164 valence electrons. The highest BCUT2D eigenvalue weighted by molar-refractivity contribution is 7.08. The second kappa shape index (κ2) is 10.7. The maximum Gasteiger partial charge on any atom is 0.246 e. The van der Waals surface area contributed by atoms with E-state index in [-0.39, 0.29) is 12.5 Å². The van der Waals surface area contributed by atoms with Crippen LogP contribution in [0.3, 0.4) is 0 Å². The summed E-state index contributed by atoms with van der Waals surface area (Å²) in [5.74, 6) is 0.473. The van der Waals surface area contributed by atoms with E-state index in [0.717, 1.165) is 11.1 Å². The third-order valence-electron chi connectivity index (χ3n) is 4.58. The average molecular weight is 441 g/mol. The predicted octanol–water partition coefficient (Wildman–Crippen LogP) is 2.55. The first kappa shape index (κ1) is 22.5. The molecule has 1 unspecified atom stereocenters. The summed E-state index contributed by atoms with van der Waals surface area (Å²) in [4.78, 5) is 16.8. The van der Waals surface area contributed by atoms with Crippen molar-refractivity contribution in [1.82, 2.24) is 20.4 Å². The molecular formula is C22H28N6O2S. The zero-order valence-corrected chi connectivity index (χ0v) is 18.5. The van der Waals surface area contributed by atoms with Gasteiger partial charge in [0, 0.05) is 24.6 Å². The number of rotatable bonds is 9. The molecule has 31 heavy (non-hydrogen) atoms. The lowest BCUT2D eigenvalue weighted by molar-refractivity contribution is -0.116. The highest BCUT2D eigenvalue weighted by Crippen LogP contribution is 2.22. The number of anilines is 1. The number of benzene rings is 1. The fraction of sp³-hybridized carbons (Fsp3) is 0.318. The van der Waals surface area contributed by atoms with E-state index in [9.17, 15) is 9.90 Å². The standard InChI is InChI=1S/C22H28N6O2S/c1-3-23-21(25-16-22(2,30)18-8-11-31-15-18)24-13-17-6-4-7-19(12-17)27-20(29)14-28-10-5-9-26-28/h4-12,15,30H,3,13-14,16H2,1-2H3,(H,27,29)(H2,23,24,25). The van der Waals surface area contributed by atoms with Crippen LogP contribution >= 0.6 is 11.3 Å². The summed E-state index contributed by atoms with van der Waals surface area (Å²) in [7, 11) is 0. The van der Waals surface area contributed by atoms with E-state index in [1.54, 1.807) is 41.4 Å². The van der Waals surface area contributed by atoms with Crippen molar-refractivity contribution >= 4 is 28.9 Å². The Bertz CT molecular complexity index is 983. The largest absolute Gasteiger partial charge is 0.384 e. The van der Waals surface area contributed by atoms with Gasteiger partial charge in [0.15, 0.2) is 5.96 Å². The molecule has 0 fully saturated rings. The van der Waals surface area contributed by atoms with Crippen LogP contribution in [0.1, 0.15) is 25.0 Å². The molecule has 3 rings (SSSR count). The number of hydrogen-bond donors (Lipinski definition) is 4. The van der Waals surface area contributed by atoms with Gasteiger partial charge >= 0.3 is 0 Å². The van der Waals surface area contributed by atoms with E-state index in [1.165, 1.54) is 0 Å². The van der Waals surface area contributed by atoms with Gasteiger partial charge in [-0.15, -0.1) is 0 Å². The van der Waals surface area contributed by atoms with E-state index in [0.29, 0.717) is 31.3 Å². The van der Waals surface area contributed by atoms with Crippen molar-refractivity contribution in [2.75, 3.05) is 18.4 Å². The summed E-state index contributed by atoms with van der Waals surface area (Å²) in [5.41, 5.74) is 1.55. The van der Waals surface area contributed by atoms with E-state index in [1.807, 2.05) is 48.0 Å². The van der Waals surface area contributed by atoms with Crippen molar-refractivity contribution < 1.29 is 9.90 Å². The third kappa shape index (κ3) is 6.94. The number of thiophene rings is 1. The monoisotopic (exact) mass is 440 g/mol. The molecule has 0 spiro atoms. The number of aliphatic hydroxyl groups is 1. The van der Waals surface area contributed by atoms with Crippen LogP contribution in [0.5, 0.6) is 0 Å². The number of aromatic nitrogens is 2. The van der Waals surface area contributed by atoms with Gasteiger partial charge in [-0.05, 0) is 60.0 Å². The van der Waals surface area contributed by atoms with Crippen LogP contribution in [0, 0.1) is 0 Å². The molecule has 0 bridgehead atoms. The third-order valence-corrected chi connectivity index (χ3v) is 5.27. The lowest BCUT2D eigenvalue weighted by Gasteiger charge is -2.24. The molecule has 1 amide bonds. The molecule has 0 saturated carbocycles. The number of hydrogen-bond acceptors (Lipinski definition) is 5. The van der Waals surface area contributed by atoms with Gasteiger partial charge in [-0.3, -0.25) is 9.48 Å². The van der Waals surface area contributed by atoms with E-state index in [2.05, 4.69) is 26.0 Å². The second-order valence-electron chi connectivity index (χ2n) is 7.29. The SMILES string of the molecule is CCNC(=NCc1cccc(NC(=O)Cn2cccn2)c1)NCC(C)(O)c1ccsc1. The second-order valence-corrected chi connectivity index (χ2v) is 8.07. The van der Waals surface area contributed by atoms with Crippen molar-refractivity contribution in [1.29, 1.82) is 0 Å². The number of guanidine groups is 1. The summed E-state index contributed by atoms with van der Waals surface area (Å²) in [6, 6.07) is 11.3. The molecule has 9 heteroatoms. The fourth-order valence-corrected chi connectivity index (χ4v) is 3.71. The minimum atomic E-state index is -0.991. The van der Waals surface area contributed by atoms with Crippen LogP contribution in [-0.2, 0) is 23.5 Å². The molecule has 2 aromatic heterocycles. The number of nitrogens with zero attached hydrogens (tertiary/aromatic N) is 3. The molecule has 1 atom stereocenters. The molecule has 1 aromatic carbocycles. The Morgan fingerprint density at radius 1 is 1.29 bits per heavy atom. The van der Waals surface area contributed by atoms with Crippen LogP contribution in [0.2, 0.25) is 0 Å². The molecule has 4 N–H and O–H groups in total. The Morgan fingerprint density at radius 3 is 2.87 bits per heavy atom. The van der Waals surface area contributed by atoms with Gasteiger partial charge in [0.2, 0.25) is 5.91 Å². The van der Waals surface area contributed by atoms with E-state index >= 15 is 0 Å². The Balaban J connectivity index is 1.58. The van der Waals surface area contributed by atoms with Gasteiger partial charge in [0.05, 0.1) is 13.1 Å². The Kier molecular flexibility index (Phi) is 7.80. The van der Waals surface area contributed by atoms with Crippen LogP contribution in [-0.4, -0.2) is 39.8 Å². The molecule has 3 aromatic rings. The maximum atomic E-state index is 12.2. The fourth-order valence-electron chi connectivity index (χ4n) is 2.93. The molecule has 0 saturated heterocycles. The molecule has 8 nitrogen and oxygen atoms in total. The van der Waals surface area contributed by atoms with Crippen molar-refractivity contribution in [3.63, 3.8) is 0 Å². The summed E-state index contributed by atoms with van der Waals surface area (Å²) >= 11 is 1.56. The smallest absolute Gasteiger partial charge is 0.246 e. The van der Waals surface area contributed by atoms with Crippen molar-refractivity contribution in [3.05, 3.63) is 70.7 Å². The van der Waals surface area contributed by atoms with E-state index in [4.69, 9.17) is 0 Å². The number of amides is 1. The van der Waals surface area contributed by atoms with Gasteiger partial charge in [0.25, 0.3) is 0 Å². The number of carbonyl (C=O) groups excluding carboxylic acids is 1. The minimum absolute atomic E-state index is 0.144. The lowest BCUT2D eigenvalue weighted by atomic mass is 9.99. The molecule has 0 aliphatic heterocycles. The van der Waals surface area contributed by atoms with Crippen LogP contribution in [0.15, 0.2) is 64.5 Å². The number of carbonyl (C=O) groups is 1. The average Bonchev–Trinajstić information content (AvgIpc) is 3.45. The zero-order chi connectivity index (χ0) is 22.1. The van der Waals surface area contributed by atoms with Gasteiger partial charge < -0.3 is 21.1 Å². The van der Waals surface area contributed by atoms with E-state index < -0.39 is 5.60 Å². The van der Waals surface area contributed by atoms with Crippen molar-refractivity contribution in [3.8, 4) is 0 Å². The predicted molar refractivity (Wildman–Crippen MR) is 124 cm³/mol. The number of nitrogens with one attached hydrogen (secondary N) is 3. The first-order valence-electron chi connectivity index (χ1n) is 10.1. The summed E-state index contributed by atoms with van der Waals surface area (Å²) in [6.45, 7) is 5.40. The van der Waals surface area contributed by atoms with Gasteiger partial charge in [0.1, 0.15) is 12.1 Å². The lowest BCUT2D eigenvalue weighted by Crippen LogP contribution is -2.44. The van der Waals surface area contributed by atoms with Crippen LogP contribution in [0.25, 0.3) is 0 Å². The van der Waals surface area contributed by atoms with Gasteiger partial charge in [-0.2, -0.15) is 16.4 Å². The topological polar surface area (TPSA) is 104 Å². The Morgan fingerprint density at radius 2 is 2.16 bits per heavy atom. The van der Waals surface area contributed by atoms with Crippen LogP contribution in [0.4, 0.5) is 5.69 Å². The highest BCUT2D eigenvalue weighted by atomic mass is 32.1. The minimum Gasteiger partial charge on any atom is -0.384 e. The van der Waals surface area contributed by atoms with Crippen molar-refractivity contribution in [2.24, 2.45) is 4.99 Å². The van der Waals surface area contributed by atoms with Gasteiger partial charge in [-0.25, -0.2) is 4.99 Å². The first-order valence-corrected chi connectivity index (χ1v) is 11.0. The highest BCUT2D eigenvalue weighted by Gasteiger charge is 2.23. The van der Waals surface area contributed by atoms with Crippen molar-refractivity contribution in [2.45, 2.75) is 32.5 Å². The van der Waals surface area contributed by atoms with Crippen LogP contribution < -0.4 is 16.0 Å². The normalized spacial score (nSPS) is 13.5. The molecule has 0 aliphatic rings. The molecular weight excluding hydrogens is 412 g/mol. The Hall–Kier alpha value is -3.17. The number of aliphatic imine (C=N–C) groups is 1. The quantitative estimate of drug-likeness (QED) is 0.302. The maximum absolute atomic E-state index is 12.2. The summed E-state index contributed by atoms with van der Waals surface area (Å²) in [6.07, 6.45) is 3.39. The van der Waals surface area contributed by atoms with Gasteiger partial charge in [-0.1, -0.05) is 12.1 Å². The Labute approximate surface area is 186 Å². The summed E-state index contributed by atoms with van der Waals surface area (Å²) in [5, 5.41) is 27.9. The molecule has 0 radical (unpaired) electrons. The molecule has 0 aliphatic carbocycles.